The third-order valence-corrected chi connectivity index (χ3v) is 4.44. The lowest BCUT2D eigenvalue weighted by atomic mass is 10.0. The van der Waals surface area contributed by atoms with Crippen molar-refractivity contribution in [1.29, 1.82) is 0 Å². The molecule has 0 unspecified atom stereocenters. The molecule has 0 aromatic heterocycles. The van der Waals surface area contributed by atoms with Gasteiger partial charge in [-0.15, -0.1) is 0 Å². The smallest absolute Gasteiger partial charge is 0.0206 e. The van der Waals surface area contributed by atoms with Crippen molar-refractivity contribution in [2.45, 2.75) is 32.4 Å². The fourth-order valence-corrected chi connectivity index (χ4v) is 2.94. The van der Waals surface area contributed by atoms with Crippen molar-refractivity contribution in [1.82, 2.24) is 15.1 Å². The summed E-state index contributed by atoms with van der Waals surface area (Å²) in [4.78, 5) is 5.09. The van der Waals surface area contributed by atoms with Gasteiger partial charge in [-0.3, -0.25) is 0 Å². The maximum atomic E-state index is 3.54. The van der Waals surface area contributed by atoms with E-state index >= 15 is 0 Å². The molecule has 0 amide bonds. The second-order valence-electron chi connectivity index (χ2n) is 5.81. The summed E-state index contributed by atoms with van der Waals surface area (Å²) in [6.45, 7) is 9.18. The first-order valence-electron chi connectivity index (χ1n) is 7.97. The van der Waals surface area contributed by atoms with Crippen molar-refractivity contribution < 1.29 is 0 Å². The molecule has 1 aliphatic rings. The molecule has 0 atom stereocenters. The van der Waals surface area contributed by atoms with E-state index in [1.54, 1.807) is 0 Å². The van der Waals surface area contributed by atoms with Gasteiger partial charge in [0.25, 0.3) is 0 Å². The Balaban J connectivity index is 1.59. The standard InChI is InChI=1S/C17H29N3/c1-3-20-12-9-17(10-13-20)19(2)14-11-18-15-16-7-5-4-6-8-16/h4-8,17-18H,3,9-15H2,1-2H3. The van der Waals surface area contributed by atoms with E-state index < -0.39 is 0 Å². The maximum Gasteiger partial charge on any atom is 0.0206 e. The Kier molecular flexibility index (Phi) is 6.51. The zero-order chi connectivity index (χ0) is 14.2. The number of likely N-dealkylation sites (N-methyl/N-ethyl adjacent to an activating group) is 1. The van der Waals surface area contributed by atoms with E-state index in [9.17, 15) is 0 Å². The zero-order valence-electron chi connectivity index (χ0n) is 13.0. The Hall–Kier alpha value is -0.900. The van der Waals surface area contributed by atoms with Gasteiger partial charge in [0, 0.05) is 25.7 Å². The molecule has 0 radical (unpaired) electrons. The van der Waals surface area contributed by atoms with Crippen LogP contribution in [0.4, 0.5) is 0 Å². The van der Waals surface area contributed by atoms with Crippen molar-refractivity contribution >= 4 is 0 Å². The molecule has 0 aliphatic carbocycles. The van der Waals surface area contributed by atoms with E-state index in [0.29, 0.717) is 0 Å². The molecule has 0 saturated carbocycles. The maximum absolute atomic E-state index is 3.54. The fraction of sp³-hybridized carbons (Fsp3) is 0.647. The Labute approximate surface area is 124 Å². The first-order valence-corrected chi connectivity index (χ1v) is 7.97. The van der Waals surface area contributed by atoms with Crippen LogP contribution in [0.1, 0.15) is 25.3 Å². The molecule has 3 nitrogen and oxygen atoms in total. The Bertz CT molecular complexity index is 358. The molecule has 3 heteroatoms. The number of rotatable bonds is 7. The number of piperidine rings is 1. The summed E-state index contributed by atoms with van der Waals surface area (Å²) in [5.74, 6) is 0. The first-order chi connectivity index (χ1) is 9.79. The lowest BCUT2D eigenvalue weighted by molar-refractivity contribution is 0.132. The minimum absolute atomic E-state index is 0.774. The van der Waals surface area contributed by atoms with E-state index in [4.69, 9.17) is 0 Å². The summed E-state index contributed by atoms with van der Waals surface area (Å²) in [5.41, 5.74) is 1.37. The van der Waals surface area contributed by atoms with Gasteiger partial charge in [0.15, 0.2) is 0 Å². The Morgan fingerprint density at radius 2 is 1.90 bits per heavy atom. The minimum atomic E-state index is 0.774. The Morgan fingerprint density at radius 1 is 1.20 bits per heavy atom. The topological polar surface area (TPSA) is 18.5 Å². The number of hydrogen-bond acceptors (Lipinski definition) is 3. The van der Waals surface area contributed by atoms with Gasteiger partial charge in [-0.1, -0.05) is 37.3 Å². The monoisotopic (exact) mass is 275 g/mol. The number of benzene rings is 1. The van der Waals surface area contributed by atoms with Crippen molar-refractivity contribution in [2.75, 3.05) is 39.8 Å². The largest absolute Gasteiger partial charge is 0.311 e. The molecule has 1 heterocycles. The van der Waals surface area contributed by atoms with Crippen LogP contribution in [0.15, 0.2) is 30.3 Å². The number of hydrogen-bond donors (Lipinski definition) is 1. The third kappa shape index (κ3) is 4.89. The normalized spacial score (nSPS) is 17.8. The molecule has 1 fully saturated rings. The summed E-state index contributed by atoms with van der Waals surface area (Å²) < 4.78 is 0. The van der Waals surface area contributed by atoms with Gasteiger partial charge in [0.1, 0.15) is 0 Å². The van der Waals surface area contributed by atoms with Gasteiger partial charge < -0.3 is 15.1 Å². The van der Waals surface area contributed by atoms with Crippen LogP contribution < -0.4 is 5.32 Å². The molecular weight excluding hydrogens is 246 g/mol. The van der Waals surface area contributed by atoms with Crippen molar-refractivity contribution in [2.24, 2.45) is 0 Å². The predicted octanol–water partition coefficient (Wildman–Crippen LogP) is 2.19. The van der Waals surface area contributed by atoms with Crippen LogP contribution in [0.3, 0.4) is 0 Å². The molecule has 1 saturated heterocycles. The lowest BCUT2D eigenvalue weighted by Gasteiger charge is -2.36. The summed E-state index contributed by atoms with van der Waals surface area (Å²) in [6, 6.07) is 11.4. The number of likely N-dealkylation sites (tertiary alicyclic amines) is 1. The highest BCUT2D eigenvalue weighted by atomic mass is 15.2. The zero-order valence-corrected chi connectivity index (χ0v) is 13.0. The Morgan fingerprint density at radius 3 is 2.55 bits per heavy atom. The summed E-state index contributed by atoms with van der Waals surface area (Å²) >= 11 is 0. The molecule has 1 N–H and O–H groups in total. The summed E-state index contributed by atoms with van der Waals surface area (Å²) in [7, 11) is 2.27. The number of nitrogens with one attached hydrogen (secondary N) is 1. The molecule has 1 aromatic carbocycles. The van der Waals surface area contributed by atoms with Crippen LogP contribution in [-0.4, -0.2) is 55.6 Å². The fourth-order valence-electron chi connectivity index (χ4n) is 2.94. The van der Waals surface area contributed by atoms with Crippen molar-refractivity contribution in [3.63, 3.8) is 0 Å². The van der Waals surface area contributed by atoms with Gasteiger partial charge in [0.05, 0.1) is 0 Å². The van der Waals surface area contributed by atoms with Gasteiger partial charge in [-0.25, -0.2) is 0 Å². The SMILES string of the molecule is CCN1CCC(N(C)CCNCc2ccccc2)CC1. The van der Waals surface area contributed by atoms with E-state index in [-0.39, 0.29) is 0 Å². The average Bonchev–Trinajstić information content (AvgIpc) is 2.52. The molecule has 0 bridgehead atoms. The van der Waals surface area contributed by atoms with Gasteiger partial charge in [-0.05, 0) is 45.1 Å². The molecule has 2 rings (SSSR count). The van der Waals surface area contributed by atoms with Gasteiger partial charge >= 0.3 is 0 Å². The summed E-state index contributed by atoms with van der Waals surface area (Å²) in [6.07, 6.45) is 2.64. The highest BCUT2D eigenvalue weighted by molar-refractivity contribution is 5.14. The first kappa shape index (κ1) is 15.5. The highest BCUT2D eigenvalue weighted by Crippen LogP contribution is 2.14. The van der Waals surface area contributed by atoms with Crippen LogP contribution in [0, 0.1) is 0 Å². The second kappa shape index (κ2) is 8.40. The molecule has 1 aliphatic heterocycles. The third-order valence-electron chi connectivity index (χ3n) is 4.44. The van der Waals surface area contributed by atoms with Crippen LogP contribution in [0.2, 0.25) is 0 Å². The van der Waals surface area contributed by atoms with Crippen LogP contribution in [0.5, 0.6) is 0 Å². The lowest BCUT2D eigenvalue weighted by Crippen LogP contribution is -2.44. The summed E-state index contributed by atoms with van der Waals surface area (Å²) in [5, 5.41) is 3.54. The van der Waals surface area contributed by atoms with E-state index in [2.05, 4.69) is 59.4 Å². The van der Waals surface area contributed by atoms with Gasteiger partial charge in [0.2, 0.25) is 0 Å². The molecule has 20 heavy (non-hydrogen) atoms. The highest BCUT2D eigenvalue weighted by Gasteiger charge is 2.20. The molecular formula is C17H29N3. The van der Waals surface area contributed by atoms with Crippen LogP contribution >= 0.6 is 0 Å². The molecule has 1 aromatic rings. The van der Waals surface area contributed by atoms with E-state index in [1.165, 1.54) is 38.0 Å². The average molecular weight is 275 g/mol. The van der Waals surface area contributed by atoms with Crippen LogP contribution in [-0.2, 0) is 6.54 Å². The van der Waals surface area contributed by atoms with E-state index in [1.807, 2.05) is 0 Å². The van der Waals surface area contributed by atoms with Crippen molar-refractivity contribution in [3.8, 4) is 0 Å². The molecule has 0 spiro atoms. The molecule has 112 valence electrons. The second-order valence-corrected chi connectivity index (χ2v) is 5.81. The number of nitrogens with zero attached hydrogens (tertiary/aromatic N) is 2. The predicted molar refractivity (Wildman–Crippen MR) is 85.9 cm³/mol. The minimum Gasteiger partial charge on any atom is -0.311 e. The van der Waals surface area contributed by atoms with E-state index in [0.717, 1.165) is 25.7 Å². The van der Waals surface area contributed by atoms with Gasteiger partial charge in [-0.2, -0.15) is 0 Å². The quantitative estimate of drug-likeness (QED) is 0.770. The van der Waals surface area contributed by atoms with Crippen LogP contribution in [0.25, 0.3) is 0 Å². The van der Waals surface area contributed by atoms with Crippen molar-refractivity contribution in [3.05, 3.63) is 35.9 Å².